The molecule has 1 saturated heterocycles. The van der Waals surface area contributed by atoms with Crippen molar-refractivity contribution in [1.29, 1.82) is 0 Å². The Balaban J connectivity index is 2.04. The SMILES string of the molecule is CC(=O)N1CCN(C(=O)c2cn(C)nc2C)CC1. The number of hydrogen-bond donors (Lipinski definition) is 0. The van der Waals surface area contributed by atoms with E-state index in [0.717, 1.165) is 5.69 Å². The number of carbonyl (C=O) groups excluding carboxylic acids is 2. The quantitative estimate of drug-likeness (QED) is 0.706. The van der Waals surface area contributed by atoms with Crippen LogP contribution >= 0.6 is 0 Å². The molecule has 6 heteroatoms. The van der Waals surface area contributed by atoms with Gasteiger partial charge in [-0.1, -0.05) is 0 Å². The summed E-state index contributed by atoms with van der Waals surface area (Å²) in [6.45, 7) is 5.79. The standard InChI is InChI=1S/C12H18N4O2/c1-9-11(8-14(3)13-9)12(18)16-6-4-15(5-7-16)10(2)17/h8H,4-7H2,1-3H3. The van der Waals surface area contributed by atoms with Crippen molar-refractivity contribution < 1.29 is 9.59 Å². The first-order valence-electron chi connectivity index (χ1n) is 6.04. The highest BCUT2D eigenvalue weighted by Crippen LogP contribution is 2.11. The van der Waals surface area contributed by atoms with Crippen molar-refractivity contribution in [1.82, 2.24) is 19.6 Å². The van der Waals surface area contributed by atoms with Gasteiger partial charge in [0.15, 0.2) is 0 Å². The maximum absolute atomic E-state index is 12.3. The van der Waals surface area contributed by atoms with E-state index in [0.29, 0.717) is 31.7 Å². The molecule has 2 amide bonds. The second-order valence-electron chi connectivity index (χ2n) is 4.60. The van der Waals surface area contributed by atoms with E-state index in [1.165, 1.54) is 0 Å². The number of aromatic nitrogens is 2. The van der Waals surface area contributed by atoms with Crippen LogP contribution in [-0.2, 0) is 11.8 Å². The number of amides is 2. The van der Waals surface area contributed by atoms with E-state index in [-0.39, 0.29) is 11.8 Å². The van der Waals surface area contributed by atoms with Crippen LogP contribution in [0.4, 0.5) is 0 Å². The molecule has 0 saturated carbocycles. The molecule has 0 aliphatic carbocycles. The molecule has 2 rings (SSSR count). The van der Waals surface area contributed by atoms with Crippen LogP contribution in [0.15, 0.2) is 6.20 Å². The van der Waals surface area contributed by atoms with E-state index < -0.39 is 0 Å². The molecular weight excluding hydrogens is 232 g/mol. The van der Waals surface area contributed by atoms with Crippen molar-refractivity contribution in [2.45, 2.75) is 13.8 Å². The zero-order valence-corrected chi connectivity index (χ0v) is 11.0. The lowest BCUT2D eigenvalue weighted by atomic mass is 10.2. The van der Waals surface area contributed by atoms with E-state index in [4.69, 9.17) is 0 Å². The average Bonchev–Trinajstić information content (AvgIpc) is 2.67. The number of rotatable bonds is 1. The molecule has 1 fully saturated rings. The highest BCUT2D eigenvalue weighted by Gasteiger charge is 2.25. The Labute approximate surface area is 106 Å². The second kappa shape index (κ2) is 4.80. The van der Waals surface area contributed by atoms with Crippen LogP contribution in [0.5, 0.6) is 0 Å². The van der Waals surface area contributed by atoms with Crippen LogP contribution in [0, 0.1) is 6.92 Å². The van der Waals surface area contributed by atoms with Crippen LogP contribution in [0.1, 0.15) is 23.0 Å². The molecule has 6 nitrogen and oxygen atoms in total. The van der Waals surface area contributed by atoms with Gasteiger partial charge in [0.05, 0.1) is 11.3 Å². The van der Waals surface area contributed by atoms with E-state index >= 15 is 0 Å². The lowest BCUT2D eigenvalue weighted by Gasteiger charge is -2.34. The maximum Gasteiger partial charge on any atom is 0.257 e. The molecule has 0 spiro atoms. The first-order chi connectivity index (χ1) is 8.49. The molecule has 0 bridgehead atoms. The number of aryl methyl sites for hydroxylation is 2. The molecule has 0 N–H and O–H groups in total. The Morgan fingerprint density at radius 3 is 2.17 bits per heavy atom. The van der Waals surface area contributed by atoms with Gasteiger partial charge in [-0.05, 0) is 6.92 Å². The fraction of sp³-hybridized carbons (Fsp3) is 0.583. The molecule has 0 aromatic carbocycles. The van der Waals surface area contributed by atoms with E-state index in [1.807, 2.05) is 6.92 Å². The fourth-order valence-electron chi connectivity index (χ4n) is 2.20. The average molecular weight is 250 g/mol. The number of nitrogens with zero attached hydrogens (tertiary/aromatic N) is 4. The second-order valence-corrected chi connectivity index (χ2v) is 4.60. The van der Waals surface area contributed by atoms with Crippen molar-refractivity contribution in [3.05, 3.63) is 17.5 Å². The van der Waals surface area contributed by atoms with Gasteiger partial charge in [0.25, 0.3) is 5.91 Å². The molecule has 1 aliphatic heterocycles. The molecule has 18 heavy (non-hydrogen) atoms. The Morgan fingerprint density at radius 2 is 1.72 bits per heavy atom. The third kappa shape index (κ3) is 2.37. The van der Waals surface area contributed by atoms with Crippen LogP contribution in [-0.4, -0.2) is 57.6 Å². The number of hydrogen-bond acceptors (Lipinski definition) is 3. The zero-order chi connectivity index (χ0) is 13.3. The predicted molar refractivity (Wildman–Crippen MR) is 66.1 cm³/mol. The number of piperazine rings is 1. The summed E-state index contributed by atoms with van der Waals surface area (Å²) < 4.78 is 1.65. The van der Waals surface area contributed by atoms with Crippen molar-refractivity contribution in [2.75, 3.05) is 26.2 Å². The molecule has 0 radical (unpaired) electrons. The minimum atomic E-state index is 0.00352. The maximum atomic E-state index is 12.3. The van der Waals surface area contributed by atoms with Crippen molar-refractivity contribution in [3.8, 4) is 0 Å². The minimum absolute atomic E-state index is 0.00352. The predicted octanol–water partition coefficient (Wildman–Crippen LogP) is 0.0328. The largest absolute Gasteiger partial charge is 0.339 e. The molecule has 0 unspecified atom stereocenters. The monoisotopic (exact) mass is 250 g/mol. The van der Waals surface area contributed by atoms with Crippen LogP contribution in [0.25, 0.3) is 0 Å². The Morgan fingerprint density at radius 1 is 1.17 bits per heavy atom. The van der Waals surface area contributed by atoms with Crippen LogP contribution < -0.4 is 0 Å². The molecule has 1 aromatic rings. The van der Waals surface area contributed by atoms with Gasteiger partial charge in [0.2, 0.25) is 5.91 Å². The van der Waals surface area contributed by atoms with Gasteiger partial charge in [0, 0.05) is 46.3 Å². The van der Waals surface area contributed by atoms with Gasteiger partial charge in [-0.25, -0.2) is 0 Å². The highest BCUT2D eigenvalue weighted by molar-refractivity contribution is 5.95. The zero-order valence-electron chi connectivity index (χ0n) is 11.0. The third-order valence-electron chi connectivity index (χ3n) is 3.26. The van der Waals surface area contributed by atoms with Gasteiger partial charge in [-0.3, -0.25) is 14.3 Å². The van der Waals surface area contributed by atoms with Gasteiger partial charge in [0.1, 0.15) is 0 Å². The van der Waals surface area contributed by atoms with Crippen LogP contribution in [0.2, 0.25) is 0 Å². The molecular formula is C12H18N4O2. The van der Waals surface area contributed by atoms with Gasteiger partial charge in [-0.2, -0.15) is 5.10 Å². The lowest BCUT2D eigenvalue weighted by Crippen LogP contribution is -2.50. The molecule has 2 heterocycles. The Bertz CT molecular complexity index is 472. The van der Waals surface area contributed by atoms with E-state index in [9.17, 15) is 9.59 Å². The fourth-order valence-corrected chi connectivity index (χ4v) is 2.20. The summed E-state index contributed by atoms with van der Waals surface area (Å²) in [4.78, 5) is 27.0. The molecule has 0 atom stereocenters. The molecule has 1 aromatic heterocycles. The third-order valence-corrected chi connectivity index (χ3v) is 3.26. The van der Waals surface area contributed by atoms with Gasteiger partial charge in [-0.15, -0.1) is 0 Å². The summed E-state index contributed by atoms with van der Waals surface area (Å²) >= 11 is 0. The highest BCUT2D eigenvalue weighted by atomic mass is 16.2. The summed E-state index contributed by atoms with van der Waals surface area (Å²) in [6, 6.07) is 0. The first-order valence-corrected chi connectivity index (χ1v) is 6.04. The summed E-state index contributed by atoms with van der Waals surface area (Å²) in [5, 5.41) is 4.17. The van der Waals surface area contributed by atoms with Gasteiger partial charge >= 0.3 is 0 Å². The van der Waals surface area contributed by atoms with Crippen molar-refractivity contribution in [3.63, 3.8) is 0 Å². The summed E-state index contributed by atoms with van der Waals surface area (Å²) in [5.41, 5.74) is 1.39. The minimum Gasteiger partial charge on any atom is -0.339 e. The van der Waals surface area contributed by atoms with Crippen molar-refractivity contribution in [2.24, 2.45) is 7.05 Å². The van der Waals surface area contributed by atoms with Crippen LogP contribution in [0.3, 0.4) is 0 Å². The number of carbonyl (C=O) groups is 2. The smallest absolute Gasteiger partial charge is 0.257 e. The Kier molecular flexibility index (Phi) is 3.36. The summed E-state index contributed by atoms with van der Waals surface area (Å²) in [6.07, 6.45) is 1.75. The van der Waals surface area contributed by atoms with Gasteiger partial charge < -0.3 is 9.80 Å². The summed E-state index contributed by atoms with van der Waals surface area (Å²) in [5.74, 6) is 0.0726. The first kappa shape index (κ1) is 12.6. The Hall–Kier alpha value is -1.85. The normalized spacial score (nSPS) is 15.9. The molecule has 98 valence electrons. The summed E-state index contributed by atoms with van der Waals surface area (Å²) in [7, 11) is 1.80. The molecule has 1 aliphatic rings. The lowest BCUT2D eigenvalue weighted by molar-refractivity contribution is -0.130. The van der Waals surface area contributed by atoms with E-state index in [1.54, 1.807) is 34.6 Å². The topological polar surface area (TPSA) is 58.4 Å². The van der Waals surface area contributed by atoms with Crippen molar-refractivity contribution >= 4 is 11.8 Å². The van der Waals surface area contributed by atoms with E-state index in [2.05, 4.69) is 5.10 Å².